The summed E-state index contributed by atoms with van der Waals surface area (Å²) >= 11 is 0. The van der Waals surface area contributed by atoms with E-state index in [0.717, 1.165) is 44.9 Å². The van der Waals surface area contributed by atoms with Gasteiger partial charge in [0.05, 0.1) is 59.5 Å². The number of Topliss-reactive ketones (excluding diaryl/α,β-unsaturated/α-hetero) is 1. The van der Waals surface area contributed by atoms with Gasteiger partial charge < -0.3 is 141 Å². The maximum atomic E-state index is 13.9. The summed E-state index contributed by atoms with van der Waals surface area (Å²) in [6.07, 6.45) is -9.41. The van der Waals surface area contributed by atoms with Crippen molar-refractivity contribution in [3.05, 3.63) is 0 Å². The lowest BCUT2D eigenvalue weighted by atomic mass is 9.88. The molecule has 3 heterocycles. The van der Waals surface area contributed by atoms with Crippen molar-refractivity contribution in [2.45, 2.75) is 279 Å². The molecule has 7 amide bonds. The molecule has 3 rings (SSSR count). The van der Waals surface area contributed by atoms with E-state index >= 15 is 0 Å². The number of aliphatic hydroxyl groups is 12. The molecule has 36 nitrogen and oxygen atoms in total. The van der Waals surface area contributed by atoms with Crippen LogP contribution >= 0.6 is 0 Å². The normalized spacial score (nSPS) is 25.1. The molecule has 19 N–H and O–H groups in total. The lowest BCUT2D eigenvalue weighted by molar-refractivity contribution is -0.301. The second-order valence-electron chi connectivity index (χ2n) is 28.5. The van der Waals surface area contributed by atoms with Crippen LogP contribution in [0.5, 0.6) is 0 Å². The van der Waals surface area contributed by atoms with Crippen LogP contribution in [0.2, 0.25) is 0 Å². The van der Waals surface area contributed by atoms with E-state index < -0.39 is 117 Å². The summed E-state index contributed by atoms with van der Waals surface area (Å²) in [7, 11) is 0. The Morgan fingerprint density at radius 2 is 0.551 bits per heavy atom. The molecule has 0 spiro atoms. The van der Waals surface area contributed by atoms with Gasteiger partial charge in [-0.3, -0.25) is 38.4 Å². The Hall–Kier alpha value is -4.88. The molecule has 15 atom stereocenters. The first-order chi connectivity index (χ1) is 51.2. The molecular weight excluding hydrogens is 1410 g/mol. The van der Waals surface area contributed by atoms with Crippen molar-refractivity contribution >= 4 is 47.1 Å². The summed E-state index contributed by atoms with van der Waals surface area (Å²) in [6.45, 7) is 4.68. The molecule has 3 aliphatic rings. The summed E-state index contributed by atoms with van der Waals surface area (Å²) in [5.41, 5.74) is -1.75. The minimum absolute atomic E-state index is 0.0696. The molecule has 0 aliphatic carbocycles. The predicted octanol–water partition coefficient (Wildman–Crippen LogP) is -3.59. The number of amides is 7. The minimum atomic E-state index is -1.57. The molecule has 622 valence electrons. The van der Waals surface area contributed by atoms with Gasteiger partial charge in [0.1, 0.15) is 84.6 Å². The van der Waals surface area contributed by atoms with E-state index in [-0.39, 0.29) is 196 Å². The zero-order chi connectivity index (χ0) is 79.0. The SMILES string of the molecule is CC(C)(C)C(=O)CCCCCCCCCCC(=O)NC(COCCC(=O)NCCCNC(=O)CCCCO[C@H]1OC(CO)[C@@H](O)C(O)C1O)(COCCC(=O)NCCCNC(=O)CCCCO[C@H]1OC(CO)[C@@H](O)C(O)C1O)COCCC(=O)NCCCNC(=O)CCCCO[C@H]1OC(CO)[C@@H](O)C(O)C1O. The third-order valence-electron chi connectivity index (χ3n) is 18.1. The van der Waals surface area contributed by atoms with E-state index in [0.29, 0.717) is 70.6 Å². The summed E-state index contributed by atoms with van der Waals surface area (Å²) in [4.78, 5) is 103. The van der Waals surface area contributed by atoms with E-state index in [9.17, 15) is 99.6 Å². The zero-order valence-corrected chi connectivity index (χ0v) is 62.9. The van der Waals surface area contributed by atoms with Crippen molar-refractivity contribution in [2.75, 3.05) is 119 Å². The Balaban J connectivity index is 1.53. The van der Waals surface area contributed by atoms with Crippen LogP contribution in [0.15, 0.2) is 0 Å². The van der Waals surface area contributed by atoms with Gasteiger partial charge in [-0.25, -0.2) is 0 Å². The van der Waals surface area contributed by atoms with Crippen LogP contribution in [0.1, 0.15) is 181 Å². The Labute approximate surface area is 627 Å². The number of ketones is 1. The maximum absolute atomic E-state index is 13.9. The monoisotopic (exact) mass is 1540 g/mol. The van der Waals surface area contributed by atoms with Gasteiger partial charge in [-0.05, 0) is 70.6 Å². The summed E-state index contributed by atoms with van der Waals surface area (Å²) in [6, 6.07) is 0. The van der Waals surface area contributed by atoms with Crippen molar-refractivity contribution in [1.82, 2.24) is 37.2 Å². The number of nitrogens with one attached hydrogen (secondary N) is 7. The van der Waals surface area contributed by atoms with E-state index in [1.807, 2.05) is 20.8 Å². The number of unbranched alkanes of at least 4 members (excludes halogenated alkanes) is 10. The first-order valence-corrected chi connectivity index (χ1v) is 38.1. The van der Waals surface area contributed by atoms with Crippen LogP contribution in [0, 0.1) is 5.41 Å². The first-order valence-electron chi connectivity index (χ1n) is 38.1. The lowest BCUT2D eigenvalue weighted by Crippen LogP contribution is -2.59. The fourth-order valence-corrected chi connectivity index (χ4v) is 11.4. The van der Waals surface area contributed by atoms with Crippen molar-refractivity contribution < 1.29 is 142 Å². The second kappa shape index (κ2) is 55.5. The predicted molar refractivity (Wildman–Crippen MR) is 380 cm³/mol. The number of carbonyl (C=O) groups is 8. The van der Waals surface area contributed by atoms with Gasteiger partial charge in [0.15, 0.2) is 18.9 Å². The van der Waals surface area contributed by atoms with Gasteiger partial charge in [0.2, 0.25) is 41.4 Å². The fraction of sp³-hybridized carbons (Fsp3) is 0.887. The molecule has 0 aromatic carbocycles. The van der Waals surface area contributed by atoms with Crippen LogP contribution in [-0.2, 0) is 81.0 Å². The highest BCUT2D eigenvalue weighted by molar-refractivity contribution is 5.83. The molecule has 0 aromatic rings. The second-order valence-corrected chi connectivity index (χ2v) is 28.5. The average Bonchev–Trinajstić information content (AvgIpc) is 0.821. The van der Waals surface area contributed by atoms with E-state index in [1.54, 1.807) is 0 Å². The first kappa shape index (κ1) is 96.3. The topological polar surface area (TPSA) is 547 Å². The number of ether oxygens (including phenoxy) is 9. The Morgan fingerprint density at radius 3 is 0.832 bits per heavy atom. The molecule has 107 heavy (non-hydrogen) atoms. The zero-order valence-electron chi connectivity index (χ0n) is 62.9. The number of hydrogen-bond acceptors (Lipinski definition) is 29. The largest absolute Gasteiger partial charge is 0.394 e. The lowest BCUT2D eigenvalue weighted by Gasteiger charge is -2.39. The minimum Gasteiger partial charge on any atom is -0.394 e. The van der Waals surface area contributed by atoms with Gasteiger partial charge in [-0.2, -0.15) is 0 Å². The van der Waals surface area contributed by atoms with Gasteiger partial charge in [-0.15, -0.1) is 0 Å². The highest BCUT2D eigenvalue weighted by Gasteiger charge is 2.46. The molecule has 0 radical (unpaired) electrons. The van der Waals surface area contributed by atoms with Gasteiger partial charge in [-0.1, -0.05) is 59.3 Å². The molecule has 3 aliphatic heterocycles. The van der Waals surface area contributed by atoms with Crippen LogP contribution in [-0.4, -0.2) is 325 Å². The summed E-state index contributed by atoms with van der Waals surface area (Å²) in [5, 5.41) is 138. The van der Waals surface area contributed by atoms with Gasteiger partial charge in [0, 0.05) is 116 Å². The number of aliphatic hydroxyl groups excluding tert-OH is 12. The molecule has 36 heteroatoms. The summed E-state index contributed by atoms with van der Waals surface area (Å²) in [5.74, 6) is -1.89. The Bertz CT molecular complexity index is 2280. The number of hydrogen-bond donors (Lipinski definition) is 19. The third-order valence-corrected chi connectivity index (χ3v) is 18.1. The van der Waals surface area contributed by atoms with Crippen molar-refractivity contribution in [2.24, 2.45) is 5.41 Å². The molecule has 3 fully saturated rings. The van der Waals surface area contributed by atoms with E-state index in [2.05, 4.69) is 37.2 Å². The third kappa shape index (κ3) is 40.2. The molecule has 0 bridgehead atoms. The summed E-state index contributed by atoms with van der Waals surface area (Å²) < 4.78 is 50.7. The molecule has 0 saturated carbocycles. The molecular formula is C71H129N7O29. The fourth-order valence-electron chi connectivity index (χ4n) is 11.4. The number of carbonyl (C=O) groups excluding carboxylic acids is 8. The Morgan fingerprint density at radius 1 is 0.299 bits per heavy atom. The van der Waals surface area contributed by atoms with Crippen LogP contribution in [0.3, 0.4) is 0 Å². The smallest absolute Gasteiger partial charge is 0.222 e. The molecule has 0 aromatic heterocycles. The van der Waals surface area contributed by atoms with Crippen molar-refractivity contribution in [3.63, 3.8) is 0 Å². The highest BCUT2D eigenvalue weighted by Crippen LogP contribution is 2.26. The van der Waals surface area contributed by atoms with E-state index in [1.165, 1.54) is 0 Å². The van der Waals surface area contributed by atoms with Crippen LogP contribution < -0.4 is 37.2 Å². The maximum Gasteiger partial charge on any atom is 0.222 e. The number of rotatable bonds is 60. The van der Waals surface area contributed by atoms with E-state index in [4.69, 9.17) is 42.6 Å². The van der Waals surface area contributed by atoms with Crippen molar-refractivity contribution in [3.8, 4) is 0 Å². The van der Waals surface area contributed by atoms with Gasteiger partial charge in [0.25, 0.3) is 0 Å². The highest BCUT2D eigenvalue weighted by atomic mass is 16.7. The Kier molecular flexibility index (Phi) is 50.0. The molecule has 3 saturated heterocycles. The average molecular weight is 1540 g/mol. The van der Waals surface area contributed by atoms with Gasteiger partial charge >= 0.3 is 0 Å². The van der Waals surface area contributed by atoms with Crippen molar-refractivity contribution in [1.29, 1.82) is 0 Å². The van der Waals surface area contributed by atoms with Crippen LogP contribution in [0.25, 0.3) is 0 Å². The standard InChI is InChI=1S/C71H129N7O29/c1-70(2,3)50(82)21-10-8-6-4-5-7-9-11-25-57(89)78-71(44-99-38-26-54(86)75-32-18-29-72-51(83)22-12-15-35-102-67-64(96)61(93)58(90)47(41-79)105-67,45-100-39-27-55(87)76-33-19-30-73-52(84)23-13-16-36-103-68-65(97)62(94)59(91)48(42-80)106-68)46-101-40-28-56(88)77-34-20-31-74-53(85)24-14-17-37-104-69-66(98)63(95)60(92)49(43-81)107-69/h47-49,58-69,79-81,90-98H,4-46H2,1-3H3,(H,72,83)(H,73,84)(H,74,85)(H,75,86)(H,76,87)(H,77,88)(H,78,89)/t47?,48?,49?,58-,59-,60-,61?,62?,63?,64?,65?,66?,67+,68+,69+,71?/m1/s1. The quantitative estimate of drug-likeness (QED) is 0.0262. The molecule has 9 unspecified atom stereocenters. The van der Waals surface area contributed by atoms with Crippen LogP contribution in [0.4, 0.5) is 0 Å².